The number of hydrogen-bond acceptors (Lipinski definition) is 5. The van der Waals surface area contributed by atoms with Crippen molar-refractivity contribution in [3.05, 3.63) is 42.2 Å². The van der Waals surface area contributed by atoms with Crippen molar-refractivity contribution in [3.63, 3.8) is 0 Å². The zero-order chi connectivity index (χ0) is 17.8. The number of halogens is 1. The van der Waals surface area contributed by atoms with Gasteiger partial charge in [0.05, 0.1) is 19.3 Å². The van der Waals surface area contributed by atoms with Crippen molar-refractivity contribution in [2.45, 2.75) is 18.9 Å². The highest BCUT2D eigenvalue weighted by atomic mass is 19.1. The highest BCUT2D eigenvalue weighted by Crippen LogP contribution is 2.21. The molecule has 1 saturated heterocycles. The lowest BCUT2D eigenvalue weighted by molar-refractivity contribution is -0.159. The number of aryl methyl sites for hydroxylation is 1. The van der Waals surface area contributed by atoms with Gasteiger partial charge < -0.3 is 19.2 Å². The van der Waals surface area contributed by atoms with Crippen LogP contribution in [-0.4, -0.2) is 52.7 Å². The van der Waals surface area contributed by atoms with Gasteiger partial charge in [0.15, 0.2) is 17.8 Å². The Morgan fingerprint density at radius 2 is 2.08 bits per heavy atom. The number of morpholine rings is 1. The fraction of sp³-hybridized carbons (Fsp3) is 0.353. The van der Waals surface area contributed by atoms with E-state index in [1.54, 1.807) is 12.1 Å². The number of carboxylic acids is 1. The minimum Gasteiger partial charge on any atom is -0.479 e. The van der Waals surface area contributed by atoms with Gasteiger partial charge in [-0.1, -0.05) is 0 Å². The van der Waals surface area contributed by atoms with E-state index >= 15 is 0 Å². The molecule has 132 valence electrons. The molecular weight excluding hydrogens is 331 g/mol. The molecule has 0 radical (unpaired) electrons. The molecule has 1 fully saturated rings. The molecule has 1 aromatic heterocycles. The molecule has 1 aliphatic heterocycles. The number of amides is 1. The number of carboxylic acid groups (broad SMARTS) is 1. The number of hydrogen-bond donors (Lipinski definition) is 1. The Hall–Kier alpha value is -2.74. The summed E-state index contributed by atoms with van der Waals surface area (Å²) in [6, 6.07) is 5.84. The van der Waals surface area contributed by atoms with Crippen LogP contribution in [0.15, 0.2) is 34.9 Å². The van der Waals surface area contributed by atoms with E-state index in [9.17, 15) is 14.0 Å². The molecule has 0 aliphatic carbocycles. The maximum atomic E-state index is 12.9. The van der Waals surface area contributed by atoms with E-state index in [4.69, 9.17) is 14.3 Å². The van der Waals surface area contributed by atoms with Crippen LogP contribution in [0.4, 0.5) is 4.39 Å². The second kappa shape index (κ2) is 7.43. The van der Waals surface area contributed by atoms with Crippen LogP contribution < -0.4 is 0 Å². The molecule has 1 aromatic carbocycles. The normalized spacial score (nSPS) is 17.5. The van der Waals surface area contributed by atoms with Gasteiger partial charge in [0, 0.05) is 24.9 Å². The highest BCUT2D eigenvalue weighted by Gasteiger charge is 2.28. The van der Waals surface area contributed by atoms with Gasteiger partial charge in [0.25, 0.3) is 0 Å². The summed E-state index contributed by atoms with van der Waals surface area (Å²) < 4.78 is 23.6. The molecule has 1 N–H and O–H groups in total. The molecule has 0 saturated carbocycles. The van der Waals surface area contributed by atoms with E-state index in [0.29, 0.717) is 30.2 Å². The molecular formula is C17H17FN2O5. The van der Waals surface area contributed by atoms with Crippen LogP contribution in [0.3, 0.4) is 0 Å². The van der Waals surface area contributed by atoms with Gasteiger partial charge in [-0.05, 0) is 24.3 Å². The lowest BCUT2D eigenvalue weighted by atomic mass is 10.2. The molecule has 1 amide bonds. The third-order valence-corrected chi connectivity index (χ3v) is 3.93. The first-order valence-corrected chi connectivity index (χ1v) is 7.86. The Morgan fingerprint density at radius 3 is 2.80 bits per heavy atom. The lowest BCUT2D eigenvalue weighted by Gasteiger charge is -2.30. The van der Waals surface area contributed by atoms with Crippen molar-refractivity contribution in [2.24, 2.45) is 0 Å². The van der Waals surface area contributed by atoms with Crippen molar-refractivity contribution < 1.29 is 28.2 Å². The standard InChI is InChI=1S/C17H17FN2O5/c18-12-3-1-11(2-4-12)13-9-19-15(25-13)5-6-16(21)20-7-8-24-14(10-20)17(22)23/h1-4,9,14H,5-8,10H2,(H,22,23)/t14-/m1/s1. The largest absolute Gasteiger partial charge is 0.479 e. The first kappa shape index (κ1) is 17.1. The fourth-order valence-corrected chi connectivity index (χ4v) is 2.57. The van der Waals surface area contributed by atoms with Crippen LogP contribution in [0.2, 0.25) is 0 Å². The first-order chi connectivity index (χ1) is 12.0. The van der Waals surface area contributed by atoms with E-state index in [2.05, 4.69) is 4.98 Å². The van der Waals surface area contributed by atoms with Gasteiger partial charge in [0.2, 0.25) is 5.91 Å². The van der Waals surface area contributed by atoms with E-state index in [1.807, 2.05) is 0 Å². The number of rotatable bonds is 5. The number of ether oxygens (including phenoxy) is 1. The smallest absolute Gasteiger partial charge is 0.334 e. The van der Waals surface area contributed by atoms with Crippen molar-refractivity contribution in [3.8, 4) is 11.3 Å². The average molecular weight is 348 g/mol. The summed E-state index contributed by atoms with van der Waals surface area (Å²) in [4.78, 5) is 28.8. The van der Waals surface area contributed by atoms with Gasteiger partial charge in [0.1, 0.15) is 5.82 Å². The quantitative estimate of drug-likeness (QED) is 0.884. The Balaban J connectivity index is 1.56. The maximum Gasteiger partial charge on any atom is 0.334 e. The number of benzene rings is 1. The number of carbonyl (C=O) groups is 2. The van der Waals surface area contributed by atoms with Crippen LogP contribution in [0.5, 0.6) is 0 Å². The van der Waals surface area contributed by atoms with Gasteiger partial charge in [-0.25, -0.2) is 14.2 Å². The molecule has 3 rings (SSSR count). The predicted octanol–water partition coefficient (Wildman–Crippen LogP) is 1.73. The number of carbonyl (C=O) groups excluding carboxylic acids is 1. The molecule has 1 atom stereocenters. The van der Waals surface area contributed by atoms with Crippen LogP contribution in [-0.2, 0) is 20.7 Å². The number of oxazole rings is 1. The summed E-state index contributed by atoms with van der Waals surface area (Å²) in [6.45, 7) is 0.617. The monoisotopic (exact) mass is 348 g/mol. The number of nitrogens with zero attached hydrogens (tertiary/aromatic N) is 2. The summed E-state index contributed by atoms with van der Waals surface area (Å²) in [5.74, 6) is -0.681. The zero-order valence-corrected chi connectivity index (χ0v) is 13.4. The summed E-state index contributed by atoms with van der Waals surface area (Å²) in [5, 5.41) is 8.96. The Labute approximate surface area is 143 Å². The summed E-state index contributed by atoms with van der Waals surface area (Å²) in [5.41, 5.74) is 0.698. The predicted molar refractivity (Wildman–Crippen MR) is 84.2 cm³/mol. The van der Waals surface area contributed by atoms with Gasteiger partial charge in [-0.2, -0.15) is 0 Å². The highest BCUT2D eigenvalue weighted by molar-refractivity contribution is 5.78. The third-order valence-electron chi connectivity index (χ3n) is 3.93. The maximum absolute atomic E-state index is 12.9. The summed E-state index contributed by atoms with van der Waals surface area (Å²) in [7, 11) is 0. The molecule has 0 unspecified atom stereocenters. The lowest BCUT2D eigenvalue weighted by Crippen LogP contribution is -2.48. The molecule has 1 aliphatic rings. The van der Waals surface area contributed by atoms with Crippen molar-refractivity contribution in [2.75, 3.05) is 19.7 Å². The Morgan fingerprint density at radius 1 is 1.32 bits per heavy atom. The SMILES string of the molecule is O=C(O)[C@H]1CN(C(=O)CCc2ncc(-c3ccc(F)cc3)o2)CCO1. The van der Waals surface area contributed by atoms with Gasteiger partial charge in [-0.15, -0.1) is 0 Å². The van der Waals surface area contributed by atoms with Crippen molar-refractivity contribution in [1.82, 2.24) is 9.88 Å². The summed E-state index contributed by atoms with van der Waals surface area (Å²) >= 11 is 0. The molecule has 2 aromatic rings. The molecule has 2 heterocycles. The molecule has 7 nitrogen and oxygen atoms in total. The Bertz CT molecular complexity index is 759. The van der Waals surface area contributed by atoms with Crippen LogP contribution in [0, 0.1) is 5.82 Å². The van der Waals surface area contributed by atoms with E-state index in [-0.39, 0.29) is 31.3 Å². The first-order valence-electron chi connectivity index (χ1n) is 7.86. The second-order valence-corrected chi connectivity index (χ2v) is 5.66. The number of aliphatic carboxylic acids is 1. The minimum absolute atomic E-state index is 0.0422. The second-order valence-electron chi connectivity index (χ2n) is 5.66. The molecule has 0 bridgehead atoms. The van der Waals surface area contributed by atoms with E-state index < -0.39 is 12.1 Å². The van der Waals surface area contributed by atoms with Crippen LogP contribution in [0.1, 0.15) is 12.3 Å². The minimum atomic E-state index is -1.07. The van der Waals surface area contributed by atoms with Crippen LogP contribution >= 0.6 is 0 Å². The van der Waals surface area contributed by atoms with Gasteiger partial charge >= 0.3 is 5.97 Å². The summed E-state index contributed by atoms with van der Waals surface area (Å²) in [6.07, 6.45) is 1.01. The fourth-order valence-electron chi connectivity index (χ4n) is 2.57. The van der Waals surface area contributed by atoms with E-state index in [0.717, 1.165) is 0 Å². The third kappa shape index (κ3) is 4.21. The average Bonchev–Trinajstić information content (AvgIpc) is 3.09. The molecule has 25 heavy (non-hydrogen) atoms. The van der Waals surface area contributed by atoms with Crippen molar-refractivity contribution in [1.29, 1.82) is 0 Å². The molecule has 8 heteroatoms. The number of aromatic nitrogens is 1. The van der Waals surface area contributed by atoms with Crippen LogP contribution in [0.25, 0.3) is 11.3 Å². The van der Waals surface area contributed by atoms with Gasteiger partial charge in [-0.3, -0.25) is 4.79 Å². The van der Waals surface area contributed by atoms with Crippen molar-refractivity contribution >= 4 is 11.9 Å². The van der Waals surface area contributed by atoms with E-state index in [1.165, 1.54) is 23.2 Å². The molecule has 0 spiro atoms. The Kier molecular flexibility index (Phi) is 5.08. The zero-order valence-electron chi connectivity index (χ0n) is 13.4. The topological polar surface area (TPSA) is 92.9 Å².